The van der Waals surface area contributed by atoms with Gasteiger partial charge in [0.25, 0.3) is 0 Å². The molecule has 2 aromatic heterocycles. The van der Waals surface area contributed by atoms with Crippen LogP contribution < -0.4 is 4.74 Å². The van der Waals surface area contributed by atoms with Gasteiger partial charge < -0.3 is 4.74 Å². The first-order chi connectivity index (χ1) is 12.5. The zero-order valence-electron chi connectivity index (χ0n) is 15.5. The highest BCUT2D eigenvalue weighted by Crippen LogP contribution is 2.31. The molecular weight excluding hydrogens is 344 g/mol. The van der Waals surface area contributed by atoms with E-state index < -0.39 is 0 Å². The molecule has 0 radical (unpaired) electrons. The molecule has 0 saturated heterocycles. The Morgan fingerprint density at radius 1 is 1.23 bits per heavy atom. The summed E-state index contributed by atoms with van der Waals surface area (Å²) < 4.78 is 5.90. The van der Waals surface area contributed by atoms with Crippen LogP contribution >= 0.6 is 11.3 Å². The molecule has 0 aliphatic carbocycles. The third-order valence-corrected chi connectivity index (χ3v) is 4.95. The molecule has 0 aliphatic heterocycles. The number of hydrogen-bond acceptors (Lipinski definition) is 6. The summed E-state index contributed by atoms with van der Waals surface area (Å²) in [6.45, 7) is 9.13. The number of ether oxygens (including phenoxy) is 1. The van der Waals surface area contributed by atoms with Gasteiger partial charge in [-0.05, 0) is 43.4 Å². The number of rotatable bonds is 6. The van der Waals surface area contributed by atoms with Gasteiger partial charge in [0.05, 0.1) is 17.2 Å². The summed E-state index contributed by atoms with van der Waals surface area (Å²) in [5.74, 6) is 1.69. The van der Waals surface area contributed by atoms with Crippen LogP contribution in [0.5, 0.6) is 5.75 Å². The van der Waals surface area contributed by atoms with Crippen molar-refractivity contribution >= 4 is 21.7 Å². The number of benzene rings is 1. The van der Waals surface area contributed by atoms with Gasteiger partial charge in [-0.1, -0.05) is 32.1 Å². The van der Waals surface area contributed by atoms with Gasteiger partial charge in [-0.25, -0.2) is 15.0 Å². The molecule has 2 heterocycles. The molecule has 0 unspecified atom stereocenters. The van der Waals surface area contributed by atoms with Crippen LogP contribution in [-0.4, -0.2) is 21.6 Å². The van der Waals surface area contributed by atoms with Crippen LogP contribution in [0.15, 0.2) is 24.5 Å². The molecule has 3 rings (SSSR count). The number of nitriles is 1. The fourth-order valence-electron chi connectivity index (χ4n) is 3.06. The first-order valence-corrected chi connectivity index (χ1v) is 9.55. The topological polar surface area (TPSA) is 71.7 Å². The second kappa shape index (κ2) is 7.79. The van der Waals surface area contributed by atoms with Crippen molar-refractivity contribution in [1.29, 1.82) is 5.26 Å². The molecule has 0 spiro atoms. The minimum atomic E-state index is 0.445. The Labute approximate surface area is 157 Å². The lowest BCUT2D eigenvalue weighted by molar-refractivity contribution is 0.238. The summed E-state index contributed by atoms with van der Waals surface area (Å²) >= 11 is 1.54. The van der Waals surface area contributed by atoms with Crippen molar-refractivity contribution < 1.29 is 4.74 Å². The number of nitrogens with zero attached hydrogens (tertiary/aromatic N) is 4. The van der Waals surface area contributed by atoms with Gasteiger partial charge in [-0.2, -0.15) is 5.26 Å². The molecule has 0 saturated carbocycles. The molecule has 3 aromatic rings. The summed E-state index contributed by atoms with van der Waals surface area (Å²) in [6, 6.07) is 7.84. The van der Waals surface area contributed by atoms with Crippen molar-refractivity contribution in [3.05, 3.63) is 35.1 Å². The normalized spacial score (nSPS) is 12.3. The Kier molecular flexibility index (Phi) is 5.48. The third kappa shape index (κ3) is 4.00. The van der Waals surface area contributed by atoms with E-state index in [1.807, 2.05) is 25.1 Å². The lowest BCUT2D eigenvalue weighted by atomic mass is 10.00. The summed E-state index contributed by atoms with van der Waals surface area (Å²) in [6.07, 6.45) is 2.64. The molecule has 0 aliphatic rings. The van der Waals surface area contributed by atoms with Crippen molar-refractivity contribution in [2.24, 2.45) is 11.8 Å². The molecule has 0 bridgehead atoms. The highest BCUT2D eigenvalue weighted by molar-refractivity contribution is 7.18. The average Bonchev–Trinajstić information content (AvgIpc) is 2.99. The molecule has 5 nitrogen and oxygen atoms in total. The standard InChI is InChI=1S/C20H22N4OS/c1-12(2)7-13(3)10-25-17-6-5-15(8-16(17)9-21)18-19-20(23-11-22-18)26-14(4)24-19/h5-6,8,11-13H,7,10H2,1-4H3/t13-/m1/s1. The Morgan fingerprint density at radius 3 is 2.77 bits per heavy atom. The maximum absolute atomic E-state index is 9.54. The Morgan fingerprint density at radius 2 is 2.04 bits per heavy atom. The van der Waals surface area contributed by atoms with Gasteiger partial charge in [0.2, 0.25) is 0 Å². The van der Waals surface area contributed by atoms with Gasteiger partial charge in [0.1, 0.15) is 34.2 Å². The zero-order chi connectivity index (χ0) is 18.7. The SMILES string of the molecule is Cc1nc2c(-c3ccc(OC[C@H](C)CC(C)C)c(C#N)c3)ncnc2s1. The van der Waals surface area contributed by atoms with E-state index in [0.717, 1.165) is 33.0 Å². The smallest absolute Gasteiger partial charge is 0.147 e. The number of aryl methyl sites for hydroxylation is 1. The van der Waals surface area contributed by atoms with Crippen LogP contribution in [0.1, 0.15) is 37.8 Å². The summed E-state index contributed by atoms with van der Waals surface area (Å²) in [5, 5.41) is 10.5. The van der Waals surface area contributed by atoms with Gasteiger partial charge >= 0.3 is 0 Å². The van der Waals surface area contributed by atoms with Gasteiger partial charge in [-0.15, -0.1) is 0 Å². The molecule has 6 heteroatoms. The van der Waals surface area contributed by atoms with E-state index in [1.54, 1.807) is 6.33 Å². The van der Waals surface area contributed by atoms with Crippen LogP contribution in [-0.2, 0) is 0 Å². The lowest BCUT2D eigenvalue weighted by Crippen LogP contribution is -2.11. The summed E-state index contributed by atoms with van der Waals surface area (Å²) in [7, 11) is 0. The van der Waals surface area contributed by atoms with E-state index in [4.69, 9.17) is 4.74 Å². The van der Waals surface area contributed by atoms with E-state index in [-0.39, 0.29) is 0 Å². The quantitative estimate of drug-likeness (QED) is 0.614. The highest BCUT2D eigenvalue weighted by atomic mass is 32.1. The maximum atomic E-state index is 9.54. The second-order valence-corrected chi connectivity index (χ2v) is 8.16. The van der Waals surface area contributed by atoms with E-state index in [9.17, 15) is 5.26 Å². The van der Waals surface area contributed by atoms with Gasteiger partial charge in [0.15, 0.2) is 0 Å². The molecule has 1 aromatic carbocycles. The van der Waals surface area contributed by atoms with Crippen molar-refractivity contribution in [1.82, 2.24) is 15.0 Å². The van der Waals surface area contributed by atoms with Crippen molar-refractivity contribution in [2.45, 2.75) is 34.1 Å². The fraction of sp³-hybridized carbons (Fsp3) is 0.400. The predicted molar refractivity (Wildman–Crippen MR) is 104 cm³/mol. The minimum absolute atomic E-state index is 0.445. The Hall–Kier alpha value is -2.52. The lowest BCUT2D eigenvalue weighted by Gasteiger charge is -2.16. The zero-order valence-corrected chi connectivity index (χ0v) is 16.3. The number of fused-ring (bicyclic) bond motifs is 1. The molecule has 0 amide bonds. The van der Waals surface area contributed by atoms with Crippen molar-refractivity contribution in [3.63, 3.8) is 0 Å². The van der Waals surface area contributed by atoms with E-state index in [0.29, 0.717) is 29.8 Å². The van der Waals surface area contributed by atoms with Crippen molar-refractivity contribution in [3.8, 4) is 23.1 Å². The highest BCUT2D eigenvalue weighted by Gasteiger charge is 2.14. The summed E-state index contributed by atoms with van der Waals surface area (Å²) in [5.41, 5.74) is 2.88. The number of hydrogen-bond donors (Lipinski definition) is 0. The first-order valence-electron chi connectivity index (χ1n) is 8.73. The van der Waals surface area contributed by atoms with Crippen LogP contribution in [0.4, 0.5) is 0 Å². The molecule has 0 N–H and O–H groups in total. The van der Waals surface area contributed by atoms with Crippen LogP contribution in [0.25, 0.3) is 21.6 Å². The van der Waals surface area contributed by atoms with E-state index >= 15 is 0 Å². The Bertz CT molecular complexity index is 958. The maximum Gasteiger partial charge on any atom is 0.147 e. The van der Waals surface area contributed by atoms with Gasteiger partial charge in [-0.3, -0.25) is 0 Å². The van der Waals surface area contributed by atoms with E-state index in [1.165, 1.54) is 11.3 Å². The first kappa shape index (κ1) is 18.3. The van der Waals surface area contributed by atoms with Crippen LogP contribution in [0, 0.1) is 30.1 Å². The van der Waals surface area contributed by atoms with Crippen LogP contribution in [0.3, 0.4) is 0 Å². The second-order valence-electron chi connectivity index (χ2n) is 6.98. The monoisotopic (exact) mass is 366 g/mol. The number of thiazole rings is 1. The Balaban J connectivity index is 1.88. The van der Waals surface area contributed by atoms with Crippen LogP contribution in [0.2, 0.25) is 0 Å². The van der Waals surface area contributed by atoms with Crippen molar-refractivity contribution in [2.75, 3.05) is 6.61 Å². The minimum Gasteiger partial charge on any atom is -0.492 e. The largest absolute Gasteiger partial charge is 0.492 e. The molecule has 0 fully saturated rings. The molecule has 26 heavy (non-hydrogen) atoms. The summed E-state index contributed by atoms with van der Waals surface area (Å²) in [4.78, 5) is 14.1. The van der Waals surface area contributed by atoms with E-state index in [2.05, 4.69) is 41.8 Å². The molecule has 134 valence electrons. The van der Waals surface area contributed by atoms with Gasteiger partial charge in [0, 0.05) is 5.56 Å². The predicted octanol–water partition coefficient (Wildman–Crippen LogP) is 4.99. The molecular formula is C20H22N4OS. The molecule has 1 atom stereocenters. The number of aromatic nitrogens is 3. The third-order valence-electron chi connectivity index (χ3n) is 4.07. The average molecular weight is 366 g/mol. The fourth-order valence-corrected chi connectivity index (χ4v) is 3.82.